The minimum absolute atomic E-state index is 0.0634. The highest BCUT2D eigenvalue weighted by Gasteiger charge is 2.30. The van der Waals surface area contributed by atoms with Crippen LogP contribution in [0.3, 0.4) is 0 Å². The van der Waals surface area contributed by atoms with E-state index in [1.807, 2.05) is 6.92 Å². The summed E-state index contributed by atoms with van der Waals surface area (Å²) in [5.74, 6) is -0.587. The molecule has 1 amide bonds. The molecule has 0 bridgehead atoms. The Morgan fingerprint density at radius 1 is 1.59 bits per heavy atom. The van der Waals surface area contributed by atoms with Crippen LogP contribution in [-0.4, -0.2) is 18.6 Å². The molecule has 2 unspecified atom stereocenters. The molecule has 0 radical (unpaired) electrons. The molecular weight excluding hydrogens is 223 g/mol. The summed E-state index contributed by atoms with van der Waals surface area (Å²) in [5, 5.41) is 2.62. The molecule has 0 aliphatic carbocycles. The Morgan fingerprint density at radius 2 is 2.35 bits per heavy atom. The third kappa shape index (κ3) is 2.55. The Labute approximate surface area is 98.9 Å². The number of rotatable bonds is 2. The van der Waals surface area contributed by atoms with Crippen LogP contribution in [0.1, 0.15) is 13.3 Å². The first-order valence-corrected chi connectivity index (χ1v) is 5.55. The number of hydrogen-bond acceptors (Lipinski definition) is 3. The van der Waals surface area contributed by atoms with Gasteiger partial charge in [0, 0.05) is 12.3 Å². The summed E-state index contributed by atoms with van der Waals surface area (Å²) >= 11 is 0. The molecule has 3 N–H and O–H groups in total. The molecule has 17 heavy (non-hydrogen) atoms. The number of benzene rings is 1. The number of anilines is 2. The van der Waals surface area contributed by atoms with E-state index in [0.717, 1.165) is 6.42 Å². The molecule has 2 rings (SSSR count). The van der Waals surface area contributed by atoms with Crippen molar-refractivity contribution >= 4 is 17.3 Å². The van der Waals surface area contributed by atoms with Crippen molar-refractivity contribution < 1.29 is 13.9 Å². The molecule has 0 saturated carbocycles. The topological polar surface area (TPSA) is 64.3 Å². The van der Waals surface area contributed by atoms with Crippen molar-refractivity contribution in [2.75, 3.05) is 17.7 Å². The Balaban J connectivity index is 2.05. The first kappa shape index (κ1) is 11.9. The maximum atomic E-state index is 13.2. The van der Waals surface area contributed by atoms with Gasteiger partial charge in [-0.2, -0.15) is 0 Å². The molecule has 1 heterocycles. The zero-order chi connectivity index (χ0) is 12.4. The van der Waals surface area contributed by atoms with Gasteiger partial charge in [0.1, 0.15) is 11.9 Å². The Hall–Kier alpha value is -1.62. The molecule has 5 heteroatoms. The third-order valence-electron chi connectivity index (χ3n) is 2.91. The minimum Gasteiger partial charge on any atom is -0.396 e. The maximum Gasteiger partial charge on any atom is 0.253 e. The molecule has 2 atom stereocenters. The van der Waals surface area contributed by atoms with Crippen molar-refractivity contribution in [3.05, 3.63) is 24.0 Å². The van der Waals surface area contributed by atoms with Crippen LogP contribution in [-0.2, 0) is 9.53 Å². The van der Waals surface area contributed by atoms with Crippen LogP contribution >= 0.6 is 0 Å². The lowest BCUT2D eigenvalue weighted by Gasteiger charge is -2.14. The summed E-state index contributed by atoms with van der Waals surface area (Å²) in [7, 11) is 0. The maximum absolute atomic E-state index is 13.2. The fourth-order valence-corrected chi connectivity index (χ4v) is 1.85. The number of hydrogen-bond donors (Lipinski definition) is 2. The molecule has 1 aliphatic heterocycles. The van der Waals surface area contributed by atoms with Gasteiger partial charge in [0.15, 0.2) is 0 Å². The number of carbonyl (C=O) groups excluding carboxylic acids is 1. The second-order valence-corrected chi connectivity index (χ2v) is 4.28. The van der Waals surface area contributed by atoms with Gasteiger partial charge in [0.05, 0.1) is 5.69 Å². The number of carbonyl (C=O) groups is 1. The zero-order valence-electron chi connectivity index (χ0n) is 9.57. The van der Waals surface area contributed by atoms with E-state index in [9.17, 15) is 9.18 Å². The van der Waals surface area contributed by atoms with E-state index < -0.39 is 11.9 Å². The normalized spacial score (nSPS) is 23.6. The lowest BCUT2D eigenvalue weighted by molar-refractivity contribution is -0.126. The first-order chi connectivity index (χ1) is 8.08. The molecule has 1 aromatic rings. The molecular formula is C12H15FN2O2. The summed E-state index contributed by atoms with van der Waals surface area (Å²) < 4.78 is 18.5. The average molecular weight is 238 g/mol. The molecule has 0 spiro atoms. The molecule has 1 saturated heterocycles. The van der Waals surface area contributed by atoms with Crippen LogP contribution in [0, 0.1) is 11.7 Å². The van der Waals surface area contributed by atoms with Crippen molar-refractivity contribution in [2.24, 2.45) is 5.92 Å². The number of halogens is 1. The van der Waals surface area contributed by atoms with E-state index in [1.54, 1.807) is 6.07 Å². The highest BCUT2D eigenvalue weighted by Crippen LogP contribution is 2.22. The van der Waals surface area contributed by atoms with Gasteiger partial charge in [0.2, 0.25) is 0 Å². The third-order valence-corrected chi connectivity index (χ3v) is 2.91. The molecule has 0 aromatic heterocycles. The van der Waals surface area contributed by atoms with Crippen LogP contribution in [0.25, 0.3) is 0 Å². The predicted molar refractivity (Wildman–Crippen MR) is 63.0 cm³/mol. The van der Waals surface area contributed by atoms with Crippen molar-refractivity contribution in [3.8, 4) is 0 Å². The fourth-order valence-electron chi connectivity index (χ4n) is 1.85. The van der Waals surface area contributed by atoms with Gasteiger partial charge in [-0.05, 0) is 30.5 Å². The van der Waals surface area contributed by atoms with Crippen LogP contribution in [0.2, 0.25) is 0 Å². The molecule has 92 valence electrons. The van der Waals surface area contributed by atoms with Gasteiger partial charge in [-0.25, -0.2) is 4.39 Å². The Bertz CT molecular complexity index is 437. The quantitative estimate of drug-likeness (QED) is 0.772. The summed E-state index contributed by atoms with van der Waals surface area (Å²) in [6.07, 6.45) is 0.421. The summed E-state index contributed by atoms with van der Waals surface area (Å²) in [5.41, 5.74) is 5.81. The molecule has 4 nitrogen and oxygen atoms in total. The second kappa shape index (κ2) is 4.71. The van der Waals surface area contributed by atoms with Gasteiger partial charge in [-0.15, -0.1) is 0 Å². The standard InChI is InChI=1S/C12H15FN2O2/c1-7-4-5-17-11(7)12(16)15-8-2-3-10(14)9(13)6-8/h2-3,6-7,11H,4-5,14H2,1H3,(H,15,16). The number of nitrogen functional groups attached to an aromatic ring is 1. The lowest BCUT2D eigenvalue weighted by atomic mass is 10.0. The van der Waals surface area contributed by atoms with Gasteiger partial charge in [-0.1, -0.05) is 6.92 Å². The molecule has 1 fully saturated rings. The van der Waals surface area contributed by atoms with Crippen LogP contribution in [0.4, 0.5) is 15.8 Å². The van der Waals surface area contributed by atoms with Crippen molar-refractivity contribution in [3.63, 3.8) is 0 Å². The zero-order valence-corrected chi connectivity index (χ0v) is 9.57. The van der Waals surface area contributed by atoms with Crippen molar-refractivity contribution in [1.82, 2.24) is 0 Å². The van der Waals surface area contributed by atoms with E-state index >= 15 is 0 Å². The fraction of sp³-hybridized carbons (Fsp3) is 0.417. The number of ether oxygens (including phenoxy) is 1. The summed E-state index contributed by atoms with van der Waals surface area (Å²) in [4.78, 5) is 11.8. The Morgan fingerprint density at radius 3 is 2.94 bits per heavy atom. The number of nitrogens with two attached hydrogens (primary N) is 1. The van der Waals surface area contributed by atoms with E-state index in [2.05, 4.69) is 5.32 Å². The van der Waals surface area contributed by atoms with E-state index in [1.165, 1.54) is 12.1 Å². The van der Waals surface area contributed by atoms with Crippen LogP contribution in [0.5, 0.6) is 0 Å². The summed E-state index contributed by atoms with van der Waals surface area (Å²) in [6, 6.07) is 4.19. The first-order valence-electron chi connectivity index (χ1n) is 5.55. The van der Waals surface area contributed by atoms with E-state index in [-0.39, 0.29) is 17.5 Å². The largest absolute Gasteiger partial charge is 0.396 e. The molecule has 1 aliphatic rings. The van der Waals surface area contributed by atoms with Gasteiger partial charge in [0.25, 0.3) is 5.91 Å². The summed E-state index contributed by atoms with van der Waals surface area (Å²) in [6.45, 7) is 2.55. The number of nitrogens with one attached hydrogen (secondary N) is 1. The molecule has 1 aromatic carbocycles. The van der Waals surface area contributed by atoms with E-state index in [4.69, 9.17) is 10.5 Å². The highest BCUT2D eigenvalue weighted by molar-refractivity contribution is 5.94. The van der Waals surface area contributed by atoms with E-state index in [0.29, 0.717) is 12.3 Å². The van der Waals surface area contributed by atoms with Gasteiger partial charge in [-0.3, -0.25) is 4.79 Å². The number of amides is 1. The smallest absolute Gasteiger partial charge is 0.253 e. The average Bonchev–Trinajstić information content (AvgIpc) is 2.70. The minimum atomic E-state index is -0.539. The monoisotopic (exact) mass is 238 g/mol. The second-order valence-electron chi connectivity index (χ2n) is 4.28. The Kier molecular flexibility index (Phi) is 3.28. The van der Waals surface area contributed by atoms with Gasteiger partial charge >= 0.3 is 0 Å². The van der Waals surface area contributed by atoms with Crippen molar-refractivity contribution in [1.29, 1.82) is 0 Å². The highest BCUT2D eigenvalue weighted by atomic mass is 19.1. The predicted octanol–water partition coefficient (Wildman–Crippen LogP) is 1.77. The van der Waals surface area contributed by atoms with Crippen LogP contribution < -0.4 is 11.1 Å². The van der Waals surface area contributed by atoms with Crippen molar-refractivity contribution in [2.45, 2.75) is 19.4 Å². The van der Waals surface area contributed by atoms with Crippen LogP contribution in [0.15, 0.2) is 18.2 Å². The SMILES string of the molecule is CC1CCOC1C(=O)Nc1ccc(N)c(F)c1. The van der Waals surface area contributed by atoms with Gasteiger partial charge < -0.3 is 15.8 Å². The lowest BCUT2D eigenvalue weighted by Crippen LogP contribution is -2.31.